The van der Waals surface area contributed by atoms with E-state index in [4.69, 9.17) is 0 Å². The highest BCUT2D eigenvalue weighted by molar-refractivity contribution is 5.78. The first kappa shape index (κ1) is 12.4. The predicted molar refractivity (Wildman–Crippen MR) is 55.6 cm³/mol. The first-order valence-corrected chi connectivity index (χ1v) is 5.20. The third-order valence-corrected chi connectivity index (χ3v) is 1.98. The monoisotopic (exact) mass is 186 g/mol. The van der Waals surface area contributed by atoms with Crippen molar-refractivity contribution in [3.05, 3.63) is 0 Å². The summed E-state index contributed by atoms with van der Waals surface area (Å²) < 4.78 is 0. The van der Waals surface area contributed by atoms with Gasteiger partial charge in [-0.3, -0.25) is 4.79 Å². The van der Waals surface area contributed by atoms with E-state index in [2.05, 4.69) is 17.6 Å². The number of hydrogen-bond acceptors (Lipinski definition) is 2. The van der Waals surface area contributed by atoms with Crippen molar-refractivity contribution in [3.63, 3.8) is 0 Å². The van der Waals surface area contributed by atoms with Crippen LogP contribution in [0.5, 0.6) is 0 Å². The molecule has 0 aliphatic rings. The number of hydrogen-bond donors (Lipinski definition) is 2. The highest BCUT2D eigenvalue weighted by atomic mass is 16.1. The van der Waals surface area contributed by atoms with Crippen molar-refractivity contribution in [1.29, 1.82) is 0 Å². The molecule has 0 radical (unpaired) electrons. The lowest BCUT2D eigenvalue weighted by atomic mass is 10.1. The van der Waals surface area contributed by atoms with Crippen LogP contribution >= 0.6 is 0 Å². The minimum Gasteiger partial charge on any atom is -0.356 e. The SMILES string of the molecule is CCCCNC(=O)C(C)CNCC. The Morgan fingerprint density at radius 2 is 2.08 bits per heavy atom. The third kappa shape index (κ3) is 6.58. The zero-order chi connectivity index (χ0) is 10.1. The van der Waals surface area contributed by atoms with Crippen LogP contribution in [0.25, 0.3) is 0 Å². The molecular weight excluding hydrogens is 164 g/mol. The van der Waals surface area contributed by atoms with Gasteiger partial charge in [0.15, 0.2) is 0 Å². The highest BCUT2D eigenvalue weighted by Gasteiger charge is 2.10. The largest absolute Gasteiger partial charge is 0.356 e. The Balaban J connectivity index is 3.45. The summed E-state index contributed by atoms with van der Waals surface area (Å²) in [4.78, 5) is 11.4. The lowest BCUT2D eigenvalue weighted by Crippen LogP contribution is -2.35. The molecule has 0 fully saturated rings. The maximum atomic E-state index is 11.4. The minimum atomic E-state index is 0.0804. The Bertz CT molecular complexity index is 137. The van der Waals surface area contributed by atoms with Crippen LogP contribution in [0.3, 0.4) is 0 Å². The van der Waals surface area contributed by atoms with E-state index in [0.717, 1.165) is 32.5 Å². The maximum absolute atomic E-state index is 11.4. The molecule has 1 atom stereocenters. The van der Waals surface area contributed by atoms with Gasteiger partial charge in [0.2, 0.25) is 5.91 Å². The molecule has 3 heteroatoms. The van der Waals surface area contributed by atoms with Gasteiger partial charge < -0.3 is 10.6 Å². The Kier molecular flexibility index (Phi) is 7.69. The number of amides is 1. The van der Waals surface area contributed by atoms with Crippen LogP contribution in [0.2, 0.25) is 0 Å². The number of carbonyl (C=O) groups excluding carboxylic acids is 1. The van der Waals surface area contributed by atoms with Crippen LogP contribution in [0.15, 0.2) is 0 Å². The Labute approximate surface area is 81.3 Å². The number of nitrogens with one attached hydrogen (secondary N) is 2. The van der Waals surface area contributed by atoms with Crippen molar-refractivity contribution >= 4 is 5.91 Å². The molecule has 0 spiro atoms. The molecule has 0 aromatic rings. The lowest BCUT2D eigenvalue weighted by Gasteiger charge is -2.11. The summed E-state index contributed by atoms with van der Waals surface area (Å²) in [5, 5.41) is 6.07. The van der Waals surface area contributed by atoms with Crippen molar-refractivity contribution < 1.29 is 4.79 Å². The molecule has 0 aliphatic carbocycles. The molecule has 0 bridgehead atoms. The van der Waals surface area contributed by atoms with Crippen molar-refractivity contribution in [2.45, 2.75) is 33.6 Å². The van der Waals surface area contributed by atoms with Crippen molar-refractivity contribution in [1.82, 2.24) is 10.6 Å². The van der Waals surface area contributed by atoms with E-state index in [0.29, 0.717) is 0 Å². The van der Waals surface area contributed by atoms with Gasteiger partial charge in [0.25, 0.3) is 0 Å². The van der Waals surface area contributed by atoms with Crippen molar-refractivity contribution in [2.24, 2.45) is 5.92 Å². The molecule has 0 aliphatic heterocycles. The summed E-state index contributed by atoms with van der Waals surface area (Å²) in [7, 11) is 0. The molecule has 0 heterocycles. The predicted octanol–water partition coefficient (Wildman–Crippen LogP) is 1.15. The third-order valence-electron chi connectivity index (χ3n) is 1.98. The van der Waals surface area contributed by atoms with E-state index in [9.17, 15) is 4.79 Å². The summed E-state index contributed by atoms with van der Waals surface area (Å²) in [5.74, 6) is 0.242. The molecule has 0 saturated carbocycles. The summed E-state index contributed by atoms with van der Waals surface area (Å²) in [6, 6.07) is 0. The molecule has 1 unspecified atom stereocenters. The van der Waals surface area contributed by atoms with Gasteiger partial charge in [-0.2, -0.15) is 0 Å². The second-order valence-electron chi connectivity index (χ2n) is 3.35. The molecule has 13 heavy (non-hydrogen) atoms. The molecule has 0 saturated heterocycles. The molecule has 78 valence electrons. The fraction of sp³-hybridized carbons (Fsp3) is 0.900. The van der Waals surface area contributed by atoms with Gasteiger partial charge >= 0.3 is 0 Å². The van der Waals surface area contributed by atoms with Crippen LogP contribution in [-0.4, -0.2) is 25.5 Å². The molecule has 0 aromatic carbocycles. The first-order valence-electron chi connectivity index (χ1n) is 5.20. The summed E-state index contributed by atoms with van der Waals surface area (Å²) >= 11 is 0. The standard InChI is InChI=1S/C10H22N2O/c1-4-6-7-12-10(13)9(3)8-11-5-2/h9,11H,4-8H2,1-3H3,(H,12,13). The van der Waals surface area contributed by atoms with Gasteiger partial charge in [-0.1, -0.05) is 27.2 Å². The summed E-state index contributed by atoms with van der Waals surface area (Å²) in [5.41, 5.74) is 0. The average molecular weight is 186 g/mol. The van der Waals surface area contributed by atoms with Crippen LogP contribution < -0.4 is 10.6 Å². The van der Waals surface area contributed by atoms with E-state index < -0.39 is 0 Å². The van der Waals surface area contributed by atoms with E-state index in [1.54, 1.807) is 0 Å². The Hall–Kier alpha value is -0.570. The van der Waals surface area contributed by atoms with Crippen LogP contribution in [0.4, 0.5) is 0 Å². The second-order valence-corrected chi connectivity index (χ2v) is 3.35. The van der Waals surface area contributed by atoms with Gasteiger partial charge in [-0.05, 0) is 13.0 Å². The summed E-state index contributed by atoms with van der Waals surface area (Å²) in [6.45, 7) is 8.62. The Morgan fingerprint density at radius 1 is 1.38 bits per heavy atom. The maximum Gasteiger partial charge on any atom is 0.224 e. The fourth-order valence-corrected chi connectivity index (χ4v) is 1.02. The second kappa shape index (κ2) is 8.05. The molecule has 0 aromatic heterocycles. The zero-order valence-electron chi connectivity index (χ0n) is 9.02. The molecule has 0 rings (SSSR count). The highest BCUT2D eigenvalue weighted by Crippen LogP contribution is 1.92. The topological polar surface area (TPSA) is 41.1 Å². The Morgan fingerprint density at radius 3 is 2.62 bits per heavy atom. The van der Waals surface area contributed by atoms with Gasteiger partial charge in [-0.25, -0.2) is 0 Å². The van der Waals surface area contributed by atoms with Crippen molar-refractivity contribution in [3.8, 4) is 0 Å². The quantitative estimate of drug-likeness (QED) is 0.586. The lowest BCUT2D eigenvalue weighted by molar-refractivity contribution is -0.124. The van der Waals surface area contributed by atoms with E-state index >= 15 is 0 Å². The first-order chi connectivity index (χ1) is 6.22. The van der Waals surface area contributed by atoms with Gasteiger partial charge in [-0.15, -0.1) is 0 Å². The van der Waals surface area contributed by atoms with Gasteiger partial charge in [0.1, 0.15) is 0 Å². The average Bonchev–Trinajstić information content (AvgIpc) is 2.14. The molecular formula is C10H22N2O. The van der Waals surface area contributed by atoms with Crippen LogP contribution in [-0.2, 0) is 4.79 Å². The number of rotatable bonds is 7. The molecule has 1 amide bonds. The van der Waals surface area contributed by atoms with E-state index in [1.807, 2.05) is 13.8 Å². The molecule has 2 N–H and O–H groups in total. The number of unbranched alkanes of at least 4 members (excludes halogenated alkanes) is 1. The zero-order valence-corrected chi connectivity index (χ0v) is 9.02. The van der Waals surface area contributed by atoms with Gasteiger partial charge in [0, 0.05) is 19.0 Å². The minimum absolute atomic E-state index is 0.0804. The fourth-order valence-electron chi connectivity index (χ4n) is 1.02. The van der Waals surface area contributed by atoms with Crippen LogP contribution in [0, 0.1) is 5.92 Å². The smallest absolute Gasteiger partial charge is 0.224 e. The van der Waals surface area contributed by atoms with Crippen LogP contribution in [0.1, 0.15) is 33.6 Å². The normalized spacial score (nSPS) is 12.5. The number of carbonyl (C=O) groups is 1. The molecule has 3 nitrogen and oxygen atoms in total. The van der Waals surface area contributed by atoms with Gasteiger partial charge in [0.05, 0.1) is 0 Å². The summed E-state index contributed by atoms with van der Waals surface area (Å²) in [6.07, 6.45) is 2.20. The van der Waals surface area contributed by atoms with Crippen molar-refractivity contribution in [2.75, 3.05) is 19.6 Å². The van der Waals surface area contributed by atoms with E-state index in [-0.39, 0.29) is 11.8 Å². The van der Waals surface area contributed by atoms with E-state index in [1.165, 1.54) is 0 Å².